The maximum atomic E-state index is 13.3. The number of para-hydroxylation sites is 1. The van der Waals surface area contributed by atoms with Gasteiger partial charge in [-0.15, -0.1) is 11.8 Å². The van der Waals surface area contributed by atoms with Crippen molar-refractivity contribution in [3.05, 3.63) is 69.8 Å². The second kappa shape index (κ2) is 6.22. The number of aromatic nitrogens is 2. The number of nitrogens with zero attached hydrogens (tertiary/aromatic N) is 2. The van der Waals surface area contributed by atoms with Crippen LogP contribution in [0.3, 0.4) is 0 Å². The minimum absolute atomic E-state index is 0.154. The molecule has 0 aliphatic carbocycles. The van der Waals surface area contributed by atoms with E-state index in [9.17, 15) is 9.59 Å². The summed E-state index contributed by atoms with van der Waals surface area (Å²) in [5.74, 6) is 0.402. The molecule has 5 rings (SSSR count). The van der Waals surface area contributed by atoms with Crippen molar-refractivity contribution in [1.82, 2.24) is 9.78 Å². The van der Waals surface area contributed by atoms with Crippen LogP contribution < -0.4 is 10.6 Å². The Morgan fingerprint density at radius 2 is 1.93 bits per heavy atom. The van der Waals surface area contributed by atoms with Crippen LogP contribution in [0.15, 0.2) is 53.0 Å². The number of halogens is 1. The zero-order chi connectivity index (χ0) is 19.5. The van der Waals surface area contributed by atoms with E-state index < -0.39 is 4.75 Å². The van der Waals surface area contributed by atoms with Crippen LogP contribution in [0.1, 0.15) is 16.8 Å². The minimum Gasteiger partial charge on any atom is -0.324 e. The zero-order valence-electron chi connectivity index (χ0n) is 14.8. The molecular weight excluding hydrogens is 440 g/mol. The molecule has 0 saturated heterocycles. The molecule has 2 aliphatic rings. The van der Waals surface area contributed by atoms with Gasteiger partial charge >= 0.3 is 0 Å². The minimum atomic E-state index is -1.04. The molecule has 1 spiro atoms. The fourth-order valence-corrected chi connectivity index (χ4v) is 5.55. The van der Waals surface area contributed by atoms with Gasteiger partial charge in [-0.05, 0) is 37.3 Å². The lowest BCUT2D eigenvalue weighted by molar-refractivity contribution is -0.117. The third-order valence-corrected chi connectivity index (χ3v) is 6.96. The van der Waals surface area contributed by atoms with E-state index in [4.69, 9.17) is 0 Å². The standard InChI is InChI=1S/C20H15BrN4O2S/c1-11-17-18(25(24-11)13-5-3-2-4-6-13)23-16(26)10-28-20(17)14-9-12(21)7-8-15(14)22-19(20)27/h2-9H,10H2,1H3,(H,22,27)(H,23,26). The molecule has 2 amide bonds. The molecule has 3 heterocycles. The van der Waals surface area contributed by atoms with Gasteiger partial charge < -0.3 is 10.6 Å². The second-order valence-corrected chi connectivity index (χ2v) is 8.82. The zero-order valence-corrected chi connectivity index (χ0v) is 17.2. The summed E-state index contributed by atoms with van der Waals surface area (Å²) in [4.78, 5) is 25.9. The van der Waals surface area contributed by atoms with Crippen LogP contribution in [0, 0.1) is 6.92 Å². The second-order valence-electron chi connectivity index (χ2n) is 6.72. The van der Waals surface area contributed by atoms with Gasteiger partial charge in [0, 0.05) is 21.3 Å². The summed E-state index contributed by atoms with van der Waals surface area (Å²) >= 11 is 4.84. The monoisotopic (exact) mass is 454 g/mol. The van der Waals surface area contributed by atoms with E-state index in [-0.39, 0.29) is 17.6 Å². The highest BCUT2D eigenvalue weighted by atomic mass is 79.9. The Kier molecular flexibility index (Phi) is 3.89. The molecule has 8 heteroatoms. The molecule has 0 radical (unpaired) electrons. The number of fused-ring (bicyclic) bond motifs is 4. The number of amides is 2. The summed E-state index contributed by atoms with van der Waals surface area (Å²) in [5, 5.41) is 10.6. The lowest BCUT2D eigenvalue weighted by atomic mass is 9.91. The van der Waals surface area contributed by atoms with Crippen LogP contribution in [0.5, 0.6) is 0 Å². The molecule has 28 heavy (non-hydrogen) atoms. The molecule has 2 aromatic carbocycles. The van der Waals surface area contributed by atoms with Crippen LogP contribution in [-0.4, -0.2) is 27.3 Å². The molecule has 1 atom stereocenters. The highest BCUT2D eigenvalue weighted by Gasteiger charge is 2.54. The molecular formula is C20H15BrN4O2S. The molecule has 2 N–H and O–H groups in total. The third-order valence-electron chi connectivity index (χ3n) is 5.02. The van der Waals surface area contributed by atoms with Gasteiger partial charge in [-0.2, -0.15) is 5.10 Å². The highest BCUT2D eigenvalue weighted by Crippen LogP contribution is 2.55. The topological polar surface area (TPSA) is 76.0 Å². The first-order valence-corrected chi connectivity index (χ1v) is 10.5. The van der Waals surface area contributed by atoms with Crippen molar-refractivity contribution in [2.45, 2.75) is 11.7 Å². The Labute approximate surface area is 173 Å². The fourth-order valence-electron chi connectivity index (χ4n) is 3.88. The molecule has 0 fully saturated rings. The van der Waals surface area contributed by atoms with Gasteiger partial charge in [0.05, 0.1) is 17.1 Å². The fraction of sp³-hybridized carbons (Fsp3) is 0.150. The summed E-state index contributed by atoms with van der Waals surface area (Å²) in [6.07, 6.45) is 0. The van der Waals surface area contributed by atoms with Crippen molar-refractivity contribution in [2.24, 2.45) is 0 Å². The third kappa shape index (κ3) is 2.37. The Morgan fingerprint density at radius 3 is 2.71 bits per heavy atom. The Bertz CT molecular complexity index is 1140. The van der Waals surface area contributed by atoms with E-state index in [1.165, 1.54) is 11.8 Å². The number of aryl methyl sites for hydroxylation is 1. The lowest BCUT2D eigenvalue weighted by Crippen LogP contribution is -2.33. The number of thioether (sulfide) groups is 1. The summed E-state index contributed by atoms with van der Waals surface area (Å²) in [6.45, 7) is 1.88. The van der Waals surface area contributed by atoms with Gasteiger partial charge in [0.1, 0.15) is 5.82 Å². The van der Waals surface area contributed by atoms with Gasteiger partial charge in [0.25, 0.3) is 0 Å². The normalized spacial score (nSPS) is 20.4. The molecule has 0 bridgehead atoms. The first-order valence-electron chi connectivity index (χ1n) is 8.71. The quantitative estimate of drug-likeness (QED) is 0.585. The first kappa shape index (κ1) is 17.5. The number of benzene rings is 2. The highest BCUT2D eigenvalue weighted by molar-refractivity contribution is 9.10. The average Bonchev–Trinajstić information content (AvgIpc) is 3.08. The van der Waals surface area contributed by atoms with E-state index in [1.54, 1.807) is 4.68 Å². The van der Waals surface area contributed by atoms with Gasteiger partial charge in [0.15, 0.2) is 4.75 Å². The van der Waals surface area contributed by atoms with Gasteiger partial charge in [-0.25, -0.2) is 4.68 Å². The number of carbonyl (C=O) groups excluding carboxylic acids is 2. The van der Waals surface area contributed by atoms with Gasteiger partial charge in [0.2, 0.25) is 11.8 Å². The van der Waals surface area contributed by atoms with Crippen LogP contribution >= 0.6 is 27.7 Å². The van der Waals surface area contributed by atoms with Crippen LogP contribution in [0.4, 0.5) is 11.5 Å². The molecule has 6 nitrogen and oxygen atoms in total. The van der Waals surface area contributed by atoms with Crippen molar-refractivity contribution < 1.29 is 9.59 Å². The molecule has 1 unspecified atom stereocenters. The summed E-state index contributed by atoms with van der Waals surface area (Å²) in [5.41, 5.74) is 3.85. The number of nitrogens with one attached hydrogen (secondary N) is 2. The number of hydrogen-bond acceptors (Lipinski definition) is 4. The predicted molar refractivity (Wildman–Crippen MR) is 113 cm³/mol. The SMILES string of the molecule is Cc1nn(-c2ccccc2)c2c1C1(SCC(=O)N2)C(=O)Nc2ccc(Br)cc21. The first-order chi connectivity index (χ1) is 13.5. The Morgan fingerprint density at radius 1 is 1.14 bits per heavy atom. The largest absolute Gasteiger partial charge is 0.324 e. The molecule has 1 aromatic heterocycles. The summed E-state index contributed by atoms with van der Waals surface area (Å²) in [6, 6.07) is 15.3. The van der Waals surface area contributed by atoms with Crippen LogP contribution in [-0.2, 0) is 14.3 Å². The molecule has 140 valence electrons. The van der Waals surface area contributed by atoms with E-state index in [0.29, 0.717) is 11.5 Å². The van der Waals surface area contributed by atoms with Gasteiger partial charge in [-0.1, -0.05) is 34.1 Å². The molecule has 2 aliphatic heterocycles. The van der Waals surface area contributed by atoms with E-state index >= 15 is 0 Å². The molecule has 3 aromatic rings. The predicted octanol–water partition coefficient (Wildman–Crippen LogP) is 3.82. The van der Waals surface area contributed by atoms with Crippen molar-refractivity contribution in [3.63, 3.8) is 0 Å². The van der Waals surface area contributed by atoms with Crippen molar-refractivity contribution in [3.8, 4) is 5.69 Å². The van der Waals surface area contributed by atoms with Crippen molar-refractivity contribution in [1.29, 1.82) is 0 Å². The van der Waals surface area contributed by atoms with Crippen LogP contribution in [0.25, 0.3) is 5.69 Å². The summed E-state index contributed by atoms with van der Waals surface area (Å²) in [7, 11) is 0. The summed E-state index contributed by atoms with van der Waals surface area (Å²) < 4.78 is 1.55. The number of anilines is 2. The average molecular weight is 455 g/mol. The van der Waals surface area contributed by atoms with E-state index in [1.807, 2.05) is 55.5 Å². The number of carbonyl (C=O) groups is 2. The van der Waals surface area contributed by atoms with Crippen molar-refractivity contribution in [2.75, 3.05) is 16.4 Å². The van der Waals surface area contributed by atoms with E-state index in [0.717, 1.165) is 27.0 Å². The Balaban J connectivity index is 1.84. The maximum absolute atomic E-state index is 13.3. The number of rotatable bonds is 1. The van der Waals surface area contributed by atoms with Crippen molar-refractivity contribution >= 4 is 51.0 Å². The maximum Gasteiger partial charge on any atom is 0.250 e. The van der Waals surface area contributed by atoms with E-state index in [2.05, 4.69) is 31.7 Å². The molecule has 0 saturated carbocycles. The van der Waals surface area contributed by atoms with Crippen LogP contribution in [0.2, 0.25) is 0 Å². The Hall–Kier alpha value is -2.58. The smallest absolute Gasteiger partial charge is 0.250 e. The van der Waals surface area contributed by atoms with Gasteiger partial charge in [-0.3, -0.25) is 9.59 Å². The number of hydrogen-bond donors (Lipinski definition) is 2. The lowest BCUT2D eigenvalue weighted by Gasteiger charge is -2.25.